The predicted molar refractivity (Wildman–Crippen MR) is 91.4 cm³/mol. The molecule has 0 radical (unpaired) electrons. The molecule has 2 rings (SSSR count). The van der Waals surface area contributed by atoms with Crippen LogP contribution in [0.25, 0.3) is 0 Å². The van der Waals surface area contributed by atoms with Crippen LogP contribution < -0.4 is 10.5 Å². The lowest BCUT2D eigenvalue weighted by atomic mass is 10.1. The number of nitrogens with two attached hydrogens (primary N) is 1. The van der Waals surface area contributed by atoms with Crippen molar-refractivity contribution in [1.82, 2.24) is 4.72 Å². The smallest absolute Gasteiger partial charge is 0.243 e. The van der Waals surface area contributed by atoms with E-state index in [1.807, 2.05) is 30.3 Å². The molecule has 0 aliphatic heterocycles. The lowest BCUT2D eigenvalue weighted by Gasteiger charge is -2.16. The van der Waals surface area contributed by atoms with Crippen molar-refractivity contribution in [2.75, 3.05) is 5.73 Å². The van der Waals surface area contributed by atoms with Crippen molar-refractivity contribution in [3.05, 3.63) is 57.0 Å². The molecule has 0 saturated carbocycles. The van der Waals surface area contributed by atoms with Gasteiger partial charge in [-0.3, -0.25) is 0 Å². The first-order chi connectivity index (χ1) is 9.81. The lowest BCUT2D eigenvalue weighted by Crippen LogP contribution is -2.27. The molecule has 0 saturated heterocycles. The van der Waals surface area contributed by atoms with Crippen LogP contribution in [-0.2, 0) is 10.0 Å². The molecule has 0 fully saturated rings. The molecule has 0 aliphatic carbocycles. The number of hydrogen-bond acceptors (Lipinski definition) is 3. The van der Waals surface area contributed by atoms with Crippen LogP contribution in [0.2, 0.25) is 0 Å². The van der Waals surface area contributed by atoms with Crippen molar-refractivity contribution in [2.24, 2.45) is 0 Å². The fourth-order valence-corrected chi connectivity index (χ4v) is 5.79. The Bertz CT molecular complexity index is 726. The number of nitrogens with one attached hydrogen (secondary N) is 1. The molecule has 112 valence electrons. The fourth-order valence-electron chi connectivity index (χ4n) is 1.94. The van der Waals surface area contributed by atoms with E-state index in [0.717, 1.165) is 5.56 Å². The Labute approximate surface area is 141 Å². The van der Waals surface area contributed by atoms with Gasteiger partial charge in [0, 0.05) is 20.7 Å². The van der Waals surface area contributed by atoms with Crippen LogP contribution in [0.1, 0.15) is 18.5 Å². The fraction of sp³-hybridized carbons (Fsp3) is 0.143. The zero-order valence-corrected chi connectivity index (χ0v) is 15.2. The first-order valence-corrected chi connectivity index (χ1v) is 9.20. The highest BCUT2D eigenvalue weighted by Gasteiger charge is 2.24. The molecule has 3 N–H and O–H groups in total. The molecular weight excluding hydrogens is 420 g/mol. The Morgan fingerprint density at radius 2 is 1.62 bits per heavy atom. The minimum absolute atomic E-state index is 0.138. The largest absolute Gasteiger partial charge is 0.399 e. The van der Waals surface area contributed by atoms with Crippen LogP contribution in [0.3, 0.4) is 0 Å². The van der Waals surface area contributed by atoms with Gasteiger partial charge in [-0.15, -0.1) is 0 Å². The second-order valence-electron chi connectivity index (χ2n) is 4.57. The van der Waals surface area contributed by atoms with E-state index in [9.17, 15) is 8.42 Å². The van der Waals surface area contributed by atoms with E-state index in [-0.39, 0.29) is 10.9 Å². The normalized spacial score (nSPS) is 13.1. The number of benzene rings is 2. The van der Waals surface area contributed by atoms with E-state index in [1.165, 1.54) is 0 Å². The lowest BCUT2D eigenvalue weighted by molar-refractivity contribution is 0.566. The Kier molecular flexibility index (Phi) is 5.08. The molecule has 0 amide bonds. The monoisotopic (exact) mass is 432 g/mol. The Hall–Kier alpha value is -0.890. The van der Waals surface area contributed by atoms with Crippen LogP contribution in [-0.4, -0.2) is 8.42 Å². The summed E-state index contributed by atoms with van der Waals surface area (Å²) in [6.45, 7) is 1.80. The van der Waals surface area contributed by atoms with Crippen LogP contribution in [0, 0.1) is 0 Å². The van der Waals surface area contributed by atoms with E-state index in [0.29, 0.717) is 14.6 Å². The van der Waals surface area contributed by atoms with Crippen molar-refractivity contribution in [3.8, 4) is 0 Å². The van der Waals surface area contributed by atoms with E-state index in [1.54, 1.807) is 19.1 Å². The average molecular weight is 434 g/mol. The quantitative estimate of drug-likeness (QED) is 0.719. The number of anilines is 1. The van der Waals surface area contributed by atoms with E-state index >= 15 is 0 Å². The molecule has 0 aliphatic rings. The van der Waals surface area contributed by atoms with Gasteiger partial charge in [-0.2, -0.15) is 0 Å². The summed E-state index contributed by atoms with van der Waals surface area (Å²) in [4.78, 5) is 0.138. The highest BCUT2D eigenvalue weighted by Crippen LogP contribution is 2.33. The summed E-state index contributed by atoms with van der Waals surface area (Å²) in [6, 6.07) is 12.2. The van der Waals surface area contributed by atoms with Gasteiger partial charge in [0.2, 0.25) is 10.0 Å². The molecule has 21 heavy (non-hydrogen) atoms. The van der Waals surface area contributed by atoms with Crippen molar-refractivity contribution < 1.29 is 8.42 Å². The van der Waals surface area contributed by atoms with Crippen LogP contribution in [0.15, 0.2) is 56.3 Å². The van der Waals surface area contributed by atoms with Crippen molar-refractivity contribution in [1.29, 1.82) is 0 Å². The van der Waals surface area contributed by atoms with Gasteiger partial charge in [0.15, 0.2) is 0 Å². The predicted octanol–water partition coefficient (Wildman–Crippen LogP) is 3.83. The third kappa shape index (κ3) is 3.85. The summed E-state index contributed by atoms with van der Waals surface area (Å²) in [7, 11) is -3.69. The van der Waals surface area contributed by atoms with E-state index in [4.69, 9.17) is 5.73 Å². The maximum atomic E-state index is 12.6. The van der Waals surface area contributed by atoms with Gasteiger partial charge in [0.1, 0.15) is 4.90 Å². The molecular formula is C14H14Br2N2O2S. The molecule has 0 spiro atoms. The molecule has 0 aromatic heterocycles. The molecule has 0 bridgehead atoms. The Balaban J connectivity index is 2.36. The van der Waals surface area contributed by atoms with Gasteiger partial charge in [0.05, 0.1) is 0 Å². The first-order valence-electron chi connectivity index (χ1n) is 6.13. The van der Waals surface area contributed by atoms with Gasteiger partial charge >= 0.3 is 0 Å². The van der Waals surface area contributed by atoms with Gasteiger partial charge in [-0.05, 0) is 56.5 Å². The van der Waals surface area contributed by atoms with Gasteiger partial charge in [-0.1, -0.05) is 30.3 Å². The molecule has 2 aromatic carbocycles. The molecule has 1 atom stereocenters. The number of hydrogen-bond donors (Lipinski definition) is 2. The summed E-state index contributed by atoms with van der Waals surface area (Å²) >= 11 is 6.50. The minimum atomic E-state index is -3.69. The van der Waals surface area contributed by atoms with Crippen LogP contribution >= 0.6 is 31.9 Å². The summed E-state index contributed by atoms with van der Waals surface area (Å²) in [5, 5.41) is 0. The second kappa shape index (κ2) is 6.48. The second-order valence-corrected chi connectivity index (χ2v) is 7.93. The van der Waals surface area contributed by atoms with Crippen molar-refractivity contribution in [3.63, 3.8) is 0 Å². The van der Waals surface area contributed by atoms with Crippen LogP contribution in [0.5, 0.6) is 0 Å². The molecule has 0 unspecified atom stereocenters. The summed E-state index contributed by atoms with van der Waals surface area (Å²) in [5.41, 5.74) is 7.06. The molecule has 4 nitrogen and oxygen atoms in total. The highest BCUT2D eigenvalue weighted by atomic mass is 79.9. The molecule has 0 heterocycles. The topological polar surface area (TPSA) is 72.2 Å². The standard InChI is InChI=1S/C14H14Br2N2O2S/c1-9(10-5-3-2-4-6-10)18-21(19,20)14-12(15)7-11(17)8-13(14)16/h2-9,18H,17H2,1H3/t9-/m0/s1. The number of halogens is 2. The Morgan fingerprint density at radius 1 is 1.10 bits per heavy atom. The third-order valence-corrected chi connectivity index (χ3v) is 6.34. The van der Waals surface area contributed by atoms with Crippen molar-refractivity contribution >= 4 is 47.6 Å². The summed E-state index contributed by atoms with van der Waals surface area (Å²) < 4.78 is 28.6. The molecule has 7 heteroatoms. The maximum absolute atomic E-state index is 12.6. The highest BCUT2D eigenvalue weighted by molar-refractivity contribution is 9.11. The minimum Gasteiger partial charge on any atom is -0.399 e. The zero-order chi connectivity index (χ0) is 15.6. The van der Waals surface area contributed by atoms with Crippen molar-refractivity contribution in [2.45, 2.75) is 17.9 Å². The number of nitrogen functional groups attached to an aromatic ring is 1. The van der Waals surface area contributed by atoms with E-state index < -0.39 is 10.0 Å². The van der Waals surface area contributed by atoms with Crippen LogP contribution in [0.4, 0.5) is 5.69 Å². The summed E-state index contributed by atoms with van der Waals surface area (Å²) in [5.74, 6) is 0. The average Bonchev–Trinajstić information content (AvgIpc) is 2.37. The zero-order valence-electron chi connectivity index (χ0n) is 11.2. The Morgan fingerprint density at radius 3 is 2.14 bits per heavy atom. The number of rotatable bonds is 4. The third-order valence-electron chi connectivity index (χ3n) is 2.92. The van der Waals surface area contributed by atoms with Gasteiger partial charge < -0.3 is 5.73 Å². The molecule has 2 aromatic rings. The maximum Gasteiger partial charge on any atom is 0.243 e. The number of sulfonamides is 1. The first kappa shape index (κ1) is 16.5. The van der Waals surface area contributed by atoms with E-state index in [2.05, 4.69) is 36.6 Å². The summed E-state index contributed by atoms with van der Waals surface area (Å²) in [6.07, 6.45) is 0. The van der Waals surface area contributed by atoms with Gasteiger partial charge in [-0.25, -0.2) is 13.1 Å². The SMILES string of the molecule is C[C@H](NS(=O)(=O)c1c(Br)cc(N)cc1Br)c1ccccc1. The van der Waals surface area contributed by atoms with Gasteiger partial charge in [0.25, 0.3) is 0 Å².